The number of urea groups is 1. The Morgan fingerprint density at radius 2 is 2.05 bits per heavy atom. The minimum atomic E-state index is 0.0540. The molecule has 19 heavy (non-hydrogen) atoms. The summed E-state index contributed by atoms with van der Waals surface area (Å²) in [6.45, 7) is 3.76. The average molecular weight is 262 g/mol. The van der Waals surface area contributed by atoms with Gasteiger partial charge in [0.1, 0.15) is 0 Å². The lowest BCUT2D eigenvalue weighted by Crippen LogP contribution is -2.45. The maximum atomic E-state index is 12.1. The van der Waals surface area contributed by atoms with E-state index >= 15 is 0 Å². The van der Waals surface area contributed by atoms with Crippen LogP contribution in [-0.4, -0.2) is 40.0 Å². The molecule has 0 aliphatic carbocycles. The Kier molecular flexibility index (Phi) is 5.12. The Labute approximate surface area is 114 Å². The first kappa shape index (κ1) is 13.8. The van der Waals surface area contributed by atoms with Crippen molar-refractivity contribution in [3.63, 3.8) is 0 Å². The zero-order valence-electron chi connectivity index (χ0n) is 11.5. The van der Waals surface area contributed by atoms with Crippen molar-refractivity contribution < 1.29 is 4.79 Å². The second-order valence-electron chi connectivity index (χ2n) is 5.15. The van der Waals surface area contributed by atoms with Crippen LogP contribution < -0.4 is 5.32 Å². The molecule has 1 fully saturated rings. The average Bonchev–Trinajstić information content (AvgIpc) is 2.68. The van der Waals surface area contributed by atoms with Gasteiger partial charge in [-0.25, -0.2) is 4.79 Å². The van der Waals surface area contributed by atoms with E-state index in [9.17, 15) is 4.79 Å². The van der Waals surface area contributed by atoms with E-state index < -0.39 is 0 Å². The Balaban J connectivity index is 1.80. The van der Waals surface area contributed by atoms with Crippen LogP contribution in [0.1, 0.15) is 38.3 Å². The van der Waals surface area contributed by atoms with Crippen LogP contribution in [0, 0.1) is 0 Å². The molecule has 1 N–H and O–H groups in total. The molecule has 2 heterocycles. The number of carbonyl (C=O) groups excluding carboxylic acids is 1. The van der Waals surface area contributed by atoms with Crippen LogP contribution in [0.2, 0.25) is 0 Å². The Morgan fingerprint density at radius 1 is 1.32 bits per heavy atom. The van der Waals surface area contributed by atoms with Crippen LogP contribution in [-0.2, 0) is 6.42 Å². The summed E-state index contributed by atoms with van der Waals surface area (Å²) >= 11 is 0. The molecule has 104 valence electrons. The van der Waals surface area contributed by atoms with Crippen molar-refractivity contribution >= 4 is 6.03 Å². The number of hydrogen-bond acceptors (Lipinski definition) is 3. The molecule has 0 bridgehead atoms. The molecular weight excluding hydrogens is 240 g/mol. The fourth-order valence-electron chi connectivity index (χ4n) is 2.38. The molecule has 0 radical (unpaired) electrons. The van der Waals surface area contributed by atoms with E-state index in [0.29, 0.717) is 6.42 Å². The predicted octanol–water partition coefficient (Wildman–Crippen LogP) is 1.99. The van der Waals surface area contributed by atoms with Crippen molar-refractivity contribution in [1.82, 2.24) is 20.2 Å². The van der Waals surface area contributed by atoms with Crippen LogP contribution >= 0.6 is 0 Å². The normalized spacial score (nSPS) is 17.6. The van der Waals surface area contributed by atoms with Gasteiger partial charge in [0, 0.05) is 44.1 Å². The topological polar surface area (TPSA) is 58.1 Å². The summed E-state index contributed by atoms with van der Waals surface area (Å²) in [6, 6.07) is 0.130. The number of nitrogens with one attached hydrogen (secondary N) is 1. The van der Waals surface area contributed by atoms with E-state index in [-0.39, 0.29) is 12.1 Å². The van der Waals surface area contributed by atoms with Gasteiger partial charge in [0.05, 0.1) is 5.69 Å². The highest BCUT2D eigenvalue weighted by molar-refractivity contribution is 5.74. The molecule has 2 rings (SSSR count). The second-order valence-corrected chi connectivity index (χ2v) is 5.15. The maximum absolute atomic E-state index is 12.1. The quantitative estimate of drug-likeness (QED) is 0.906. The third-order valence-electron chi connectivity index (χ3n) is 3.40. The zero-order chi connectivity index (χ0) is 13.5. The molecular formula is C14H22N4O. The molecule has 1 saturated heterocycles. The number of amides is 2. The number of nitrogens with zero attached hydrogens (tertiary/aromatic N) is 3. The van der Waals surface area contributed by atoms with Crippen molar-refractivity contribution in [3.8, 4) is 0 Å². The van der Waals surface area contributed by atoms with E-state index in [1.807, 2.05) is 11.8 Å². The summed E-state index contributed by atoms with van der Waals surface area (Å²) in [5.41, 5.74) is 0.908. The van der Waals surface area contributed by atoms with Crippen LogP contribution in [0.3, 0.4) is 0 Å². The first-order valence-corrected chi connectivity index (χ1v) is 7.06. The summed E-state index contributed by atoms with van der Waals surface area (Å²) in [7, 11) is 0. The van der Waals surface area contributed by atoms with Crippen LogP contribution in [0.25, 0.3) is 0 Å². The smallest absolute Gasteiger partial charge is 0.317 e. The molecule has 1 aliphatic heterocycles. The predicted molar refractivity (Wildman–Crippen MR) is 73.8 cm³/mol. The van der Waals surface area contributed by atoms with E-state index in [4.69, 9.17) is 0 Å². The molecule has 1 atom stereocenters. The minimum Gasteiger partial charge on any atom is -0.335 e. The van der Waals surface area contributed by atoms with Gasteiger partial charge in [0.15, 0.2) is 0 Å². The van der Waals surface area contributed by atoms with Gasteiger partial charge in [0.25, 0.3) is 0 Å². The first-order valence-electron chi connectivity index (χ1n) is 7.06. The summed E-state index contributed by atoms with van der Waals surface area (Å²) in [5.74, 6) is 0. The first-order chi connectivity index (χ1) is 9.25. The maximum Gasteiger partial charge on any atom is 0.317 e. The number of aromatic nitrogens is 2. The van der Waals surface area contributed by atoms with Crippen molar-refractivity contribution in [3.05, 3.63) is 24.3 Å². The van der Waals surface area contributed by atoms with E-state index in [2.05, 4.69) is 15.3 Å². The number of carbonyl (C=O) groups is 1. The zero-order valence-corrected chi connectivity index (χ0v) is 11.5. The molecule has 1 aliphatic rings. The van der Waals surface area contributed by atoms with E-state index in [1.54, 1.807) is 18.6 Å². The van der Waals surface area contributed by atoms with E-state index in [0.717, 1.165) is 31.6 Å². The SMILES string of the molecule is C[C@@H](Cc1cnccn1)NC(=O)N1CCCCCC1. The Hall–Kier alpha value is -1.65. The van der Waals surface area contributed by atoms with Gasteiger partial charge in [-0.2, -0.15) is 0 Å². The molecule has 0 saturated carbocycles. The van der Waals surface area contributed by atoms with Crippen LogP contribution in [0.5, 0.6) is 0 Å². The fraction of sp³-hybridized carbons (Fsp3) is 0.643. The van der Waals surface area contributed by atoms with Gasteiger partial charge >= 0.3 is 6.03 Å². The Morgan fingerprint density at radius 3 is 2.68 bits per heavy atom. The number of rotatable bonds is 3. The van der Waals surface area contributed by atoms with Gasteiger partial charge in [-0.05, 0) is 19.8 Å². The van der Waals surface area contributed by atoms with Crippen molar-refractivity contribution in [1.29, 1.82) is 0 Å². The van der Waals surface area contributed by atoms with Gasteiger partial charge in [-0.1, -0.05) is 12.8 Å². The highest BCUT2D eigenvalue weighted by atomic mass is 16.2. The summed E-state index contributed by atoms with van der Waals surface area (Å²) in [5, 5.41) is 3.05. The highest BCUT2D eigenvalue weighted by Crippen LogP contribution is 2.10. The molecule has 1 aromatic rings. The molecule has 2 amide bonds. The van der Waals surface area contributed by atoms with E-state index in [1.165, 1.54) is 12.8 Å². The van der Waals surface area contributed by atoms with Crippen LogP contribution in [0.15, 0.2) is 18.6 Å². The van der Waals surface area contributed by atoms with Gasteiger partial charge in [0.2, 0.25) is 0 Å². The summed E-state index contributed by atoms with van der Waals surface area (Å²) in [6.07, 6.45) is 10.5. The standard InChI is InChI=1S/C14H22N4O/c1-12(10-13-11-15-6-7-16-13)17-14(19)18-8-4-2-3-5-9-18/h6-7,11-12H,2-5,8-10H2,1H3,(H,17,19)/t12-/m0/s1. The van der Waals surface area contributed by atoms with Crippen molar-refractivity contribution in [2.24, 2.45) is 0 Å². The second kappa shape index (κ2) is 7.07. The number of hydrogen-bond donors (Lipinski definition) is 1. The molecule has 0 aromatic carbocycles. The van der Waals surface area contributed by atoms with Crippen molar-refractivity contribution in [2.75, 3.05) is 13.1 Å². The lowest BCUT2D eigenvalue weighted by atomic mass is 10.2. The van der Waals surface area contributed by atoms with Gasteiger partial charge < -0.3 is 10.2 Å². The largest absolute Gasteiger partial charge is 0.335 e. The fourth-order valence-corrected chi connectivity index (χ4v) is 2.38. The summed E-state index contributed by atoms with van der Waals surface area (Å²) < 4.78 is 0. The number of likely N-dealkylation sites (tertiary alicyclic amines) is 1. The monoisotopic (exact) mass is 262 g/mol. The molecule has 0 unspecified atom stereocenters. The third-order valence-corrected chi connectivity index (χ3v) is 3.40. The third kappa shape index (κ3) is 4.50. The molecule has 5 nitrogen and oxygen atoms in total. The lowest BCUT2D eigenvalue weighted by molar-refractivity contribution is 0.196. The van der Waals surface area contributed by atoms with Crippen molar-refractivity contribution in [2.45, 2.75) is 45.1 Å². The van der Waals surface area contributed by atoms with Gasteiger partial charge in [-0.15, -0.1) is 0 Å². The lowest BCUT2D eigenvalue weighted by Gasteiger charge is -2.23. The minimum absolute atomic E-state index is 0.0540. The molecule has 1 aromatic heterocycles. The Bertz CT molecular complexity index is 388. The van der Waals surface area contributed by atoms with Gasteiger partial charge in [-0.3, -0.25) is 9.97 Å². The molecule has 5 heteroatoms. The summed E-state index contributed by atoms with van der Waals surface area (Å²) in [4.78, 5) is 22.3. The van der Waals surface area contributed by atoms with Crippen LogP contribution in [0.4, 0.5) is 4.79 Å². The molecule has 0 spiro atoms. The highest BCUT2D eigenvalue weighted by Gasteiger charge is 2.17.